The molecule has 28 heavy (non-hydrogen) atoms. The van der Waals surface area contributed by atoms with Gasteiger partial charge in [0.25, 0.3) is 0 Å². The maximum atomic E-state index is 12.6. The molecule has 2 amide bonds. The minimum atomic E-state index is -0.692. The van der Waals surface area contributed by atoms with Gasteiger partial charge in [0.1, 0.15) is 12.6 Å². The standard InChI is InChI=1S/C19H26N4O3S2/c1-2-3-4-5-9-12-15(16(24)21-17-22-23-19(27)28-17)20-18(25)26-13-14-10-7-6-8-11-14/h6-8,10-11,15H,2-5,9,12-13H2,1H3,(H,20,25)(H,23,27)(H,21,22,24). The number of carbonyl (C=O) groups excluding carboxylic acids is 2. The molecule has 2 aromatic rings. The predicted molar refractivity (Wildman–Crippen MR) is 113 cm³/mol. The second-order valence-electron chi connectivity index (χ2n) is 6.37. The molecule has 1 heterocycles. The van der Waals surface area contributed by atoms with E-state index in [2.05, 4.69) is 27.8 Å². The van der Waals surface area contributed by atoms with Gasteiger partial charge in [-0.15, -0.1) is 5.10 Å². The summed E-state index contributed by atoms with van der Waals surface area (Å²) in [6.45, 7) is 2.30. The van der Waals surface area contributed by atoms with Gasteiger partial charge in [-0.3, -0.25) is 15.2 Å². The Kier molecular flexibility index (Phi) is 9.64. The quantitative estimate of drug-likeness (QED) is 0.357. The Morgan fingerprint density at radius 2 is 1.96 bits per heavy atom. The molecule has 3 N–H and O–H groups in total. The van der Waals surface area contributed by atoms with E-state index in [-0.39, 0.29) is 12.5 Å². The normalized spacial score (nSPS) is 11.6. The molecule has 1 unspecified atom stereocenters. The zero-order valence-corrected chi connectivity index (χ0v) is 17.5. The number of hydrogen-bond donors (Lipinski definition) is 3. The number of carbonyl (C=O) groups is 2. The van der Waals surface area contributed by atoms with Gasteiger partial charge in [0.05, 0.1) is 0 Å². The van der Waals surface area contributed by atoms with Crippen molar-refractivity contribution in [3.8, 4) is 0 Å². The second kappa shape index (κ2) is 12.2. The molecule has 0 saturated carbocycles. The summed E-state index contributed by atoms with van der Waals surface area (Å²) in [6.07, 6.45) is 5.20. The number of alkyl carbamates (subject to hydrolysis) is 1. The van der Waals surface area contributed by atoms with Gasteiger partial charge in [-0.05, 0) is 24.2 Å². The first-order chi connectivity index (χ1) is 13.6. The van der Waals surface area contributed by atoms with Crippen LogP contribution in [-0.2, 0) is 16.1 Å². The van der Waals surface area contributed by atoms with E-state index in [0.717, 1.165) is 31.2 Å². The number of nitrogens with zero attached hydrogens (tertiary/aromatic N) is 1. The van der Waals surface area contributed by atoms with E-state index in [9.17, 15) is 9.59 Å². The molecule has 1 aromatic carbocycles. The summed E-state index contributed by atoms with van der Waals surface area (Å²) in [5.41, 5.74) is 0.884. The van der Waals surface area contributed by atoms with Crippen LogP contribution < -0.4 is 10.6 Å². The average molecular weight is 423 g/mol. The average Bonchev–Trinajstić information content (AvgIpc) is 3.10. The summed E-state index contributed by atoms with van der Waals surface area (Å²) in [5.74, 6) is -0.329. The molecule has 0 radical (unpaired) electrons. The maximum Gasteiger partial charge on any atom is 0.408 e. The lowest BCUT2D eigenvalue weighted by Crippen LogP contribution is -2.44. The monoisotopic (exact) mass is 422 g/mol. The Hall–Kier alpha value is -2.26. The van der Waals surface area contributed by atoms with Gasteiger partial charge >= 0.3 is 6.09 Å². The van der Waals surface area contributed by atoms with E-state index in [4.69, 9.17) is 17.0 Å². The maximum absolute atomic E-state index is 12.6. The summed E-state index contributed by atoms with van der Waals surface area (Å²) in [6, 6.07) is 8.70. The van der Waals surface area contributed by atoms with Crippen molar-refractivity contribution < 1.29 is 14.3 Å². The third kappa shape index (κ3) is 8.18. The lowest BCUT2D eigenvalue weighted by atomic mass is 10.1. The van der Waals surface area contributed by atoms with Crippen LogP contribution in [0.4, 0.5) is 9.93 Å². The highest BCUT2D eigenvalue weighted by molar-refractivity contribution is 7.73. The van der Waals surface area contributed by atoms with Crippen LogP contribution in [0.25, 0.3) is 0 Å². The molecule has 152 valence electrons. The van der Waals surface area contributed by atoms with Gasteiger partial charge in [0, 0.05) is 0 Å². The first kappa shape index (κ1) is 22.0. The van der Waals surface area contributed by atoms with Crippen molar-refractivity contribution in [2.24, 2.45) is 0 Å². The zero-order chi connectivity index (χ0) is 20.2. The van der Waals surface area contributed by atoms with Crippen molar-refractivity contribution >= 4 is 40.7 Å². The van der Waals surface area contributed by atoms with Crippen molar-refractivity contribution in [3.05, 3.63) is 39.8 Å². The third-order valence-electron chi connectivity index (χ3n) is 4.09. The number of aromatic nitrogens is 2. The molecule has 1 aromatic heterocycles. The van der Waals surface area contributed by atoms with Gasteiger partial charge < -0.3 is 10.1 Å². The molecular formula is C19H26N4O3S2. The van der Waals surface area contributed by atoms with Crippen LogP contribution in [-0.4, -0.2) is 28.2 Å². The fraction of sp³-hybridized carbons (Fsp3) is 0.474. The molecule has 9 heteroatoms. The molecule has 0 aliphatic rings. The number of hydrogen-bond acceptors (Lipinski definition) is 6. The highest BCUT2D eigenvalue weighted by Crippen LogP contribution is 2.13. The number of benzene rings is 1. The highest BCUT2D eigenvalue weighted by Gasteiger charge is 2.22. The summed E-state index contributed by atoms with van der Waals surface area (Å²) in [5, 5.41) is 12.3. The minimum Gasteiger partial charge on any atom is -0.445 e. The Balaban J connectivity index is 1.88. The van der Waals surface area contributed by atoms with Crippen LogP contribution in [0, 0.1) is 3.95 Å². The van der Waals surface area contributed by atoms with Gasteiger partial charge in [-0.25, -0.2) is 4.79 Å². The lowest BCUT2D eigenvalue weighted by molar-refractivity contribution is -0.118. The van der Waals surface area contributed by atoms with Crippen molar-refractivity contribution in [1.82, 2.24) is 15.5 Å². The summed E-state index contributed by atoms with van der Waals surface area (Å²) in [7, 11) is 0. The lowest BCUT2D eigenvalue weighted by Gasteiger charge is -2.17. The molecule has 0 fully saturated rings. The van der Waals surface area contributed by atoms with Crippen molar-refractivity contribution in [2.45, 2.75) is 58.1 Å². The largest absolute Gasteiger partial charge is 0.445 e. The number of H-pyrrole nitrogens is 1. The van der Waals surface area contributed by atoms with E-state index in [1.54, 1.807) is 0 Å². The molecule has 0 saturated heterocycles. The summed E-state index contributed by atoms with van der Waals surface area (Å²) < 4.78 is 5.72. The van der Waals surface area contributed by atoms with Crippen molar-refractivity contribution in [2.75, 3.05) is 5.32 Å². The second-order valence-corrected chi connectivity index (χ2v) is 8.03. The van der Waals surface area contributed by atoms with E-state index in [1.807, 2.05) is 30.3 Å². The fourth-order valence-corrected chi connectivity index (χ4v) is 3.40. The first-order valence-electron chi connectivity index (χ1n) is 9.42. The van der Waals surface area contributed by atoms with Crippen molar-refractivity contribution in [3.63, 3.8) is 0 Å². The molecule has 7 nitrogen and oxygen atoms in total. The van der Waals surface area contributed by atoms with Crippen LogP contribution >= 0.6 is 23.6 Å². The van der Waals surface area contributed by atoms with Crippen LogP contribution in [0.2, 0.25) is 0 Å². The first-order valence-corrected chi connectivity index (χ1v) is 10.6. The minimum absolute atomic E-state index is 0.151. The topological polar surface area (TPSA) is 96.1 Å². The van der Waals surface area contributed by atoms with Gasteiger partial charge in [0.2, 0.25) is 11.0 Å². The molecule has 0 aliphatic carbocycles. The third-order valence-corrected chi connectivity index (χ3v) is 5.09. The van der Waals surface area contributed by atoms with Crippen LogP contribution in [0.3, 0.4) is 0 Å². The Labute approximate surface area is 173 Å². The summed E-state index contributed by atoms with van der Waals surface area (Å²) in [4.78, 5) is 24.8. The van der Waals surface area contributed by atoms with Gasteiger partial charge in [-0.2, -0.15) is 0 Å². The van der Waals surface area contributed by atoms with E-state index in [1.165, 1.54) is 17.8 Å². The highest BCUT2D eigenvalue weighted by atomic mass is 32.1. The predicted octanol–water partition coefficient (Wildman–Crippen LogP) is 4.79. The number of unbranched alkanes of at least 4 members (excludes halogenated alkanes) is 4. The van der Waals surface area contributed by atoms with Gasteiger partial charge in [0.15, 0.2) is 3.95 Å². The zero-order valence-electron chi connectivity index (χ0n) is 15.9. The molecule has 0 bridgehead atoms. The molecule has 0 aliphatic heterocycles. The smallest absolute Gasteiger partial charge is 0.408 e. The number of anilines is 1. The molecule has 1 atom stereocenters. The fourth-order valence-electron chi connectivity index (χ4n) is 2.60. The van der Waals surface area contributed by atoms with Crippen LogP contribution in [0.15, 0.2) is 30.3 Å². The molecule has 2 rings (SSSR count). The Morgan fingerprint density at radius 1 is 1.21 bits per heavy atom. The summed E-state index contributed by atoms with van der Waals surface area (Å²) >= 11 is 6.14. The number of amides is 2. The SMILES string of the molecule is CCCCCCCC(NC(=O)OCc1ccccc1)C(=O)Nc1n[nH]c(=S)s1. The number of nitrogens with one attached hydrogen (secondary N) is 3. The van der Waals surface area contributed by atoms with Crippen molar-refractivity contribution in [1.29, 1.82) is 0 Å². The molecular weight excluding hydrogens is 396 g/mol. The van der Waals surface area contributed by atoms with E-state index in [0.29, 0.717) is 15.5 Å². The number of rotatable bonds is 11. The Morgan fingerprint density at radius 3 is 2.64 bits per heavy atom. The van der Waals surface area contributed by atoms with Crippen LogP contribution in [0.5, 0.6) is 0 Å². The Bertz CT molecular complexity index is 792. The van der Waals surface area contributed by atoms with E-state index < -0.39 is 12.1 Å². The number of ether oxygens (including phenoxy) is 1. The van der Waals surface area contributed by atoms with E-state index >= 15 is 0 Å². The number of aromatic amines is 1. The van der Waals surface area contributed by atoms with Gasteiger partial charge in [-0.1, -0.05) is 80.7 Å². The van der Waals surface area contributed by atoms with Crippen LogP contribution in [0.1, 0.15) is 51.0 Å². The molecule has 0 spiro atoms.